The van der Waals surface area contributed by atoms with Gasteiger partial charge in [-0.25, -0.2) is 9.98 Å². The lowest BCUT2D eigenvalue weighted by Gasteiger charge is -2.32. The van der Waals surface area contributed by atoms with Crippen molar-refractivity contribution < 1.29 is 0 Å². The van der Waals surface area contributed by atoms with Crippen LogP contribution in [-0.4, -0.2) is 46.9 Å². The minimum absolute atomic E-state index is 0.453. The van der Waals surface area contributed by atoms with Crippen LogP contribution < -0.4 is 16.8 Å². The Morgan fingerprint density at radius 3 is 2.70 bits per heavy atom. The lowest BCUT2D eigenvalue weighted by molar-refractivity contribution is 0.358. The van der Waals surface area contributed by atoms with E-state index in [-0.39, 0.29) is 0 Å². The molecule has 0 aromatic carbocycles. The molecular formula is C20H25N7. The summed E-state index contributed by atoms with van der Waals surface area (Å²) in [5, 5.41) is 3.39. The topological polar surface area (TPSA) is 105 Å². The second-order valence-corrected chi connectivity index (χ2v) is 7.06. The highest BCUT2D eigenvalue weighted by Crippen LogP contribution is 2.43. The Balaban J connectivity index is 1.79. The lowest BCUT2D eigenvalue weighted by Crippen LogP contribution is -2.47. The molecule has 2 aromatic heterocycles. The molecule has 5 N–H and O–H groups in total. The molecule has 1 aliphatic heterocycles. The molecule has 2 aliphatic rings. The number of piperazine rings is 1. The van der Waals surface area contributed by atoms with E-state index < -0.39 is 0 Å². The number of rotatable bonds is 4. The van der Waals surface area contributed by atoms with Crippen molar-refractivity contribution in [3.63, 3.8) is 0 Å². The number of nitrogen functional groups attached to an aromatic ring is 2. The zero-order chi connectivity index (χ0) is 18.8. The van der Waals surface area contributed by atoms with Gasteiger partial charge in [0.15, 0.2) is 0 Å². The summed E-state index contributed by atoms with van der Waals surface area (Å²) in [6.07, 6.45) is 7.68. The van der Waals surface area contributed by atoms with Gasteiger partial charge in [-0.15, -0.1) is 0 Å². The van der Waals surface area contributed by atoms with Crippen LogP contribution in [0.3, 0.4) is 0 Å². The van der Waals surface area contributed by atoms with Crippen molar-refractivity contribution in [2.45, 2.75) is 18.8 Å². The van der Waals surface area contributed by atoms with Crippen LogP contribution in [0.15, 0.2) is 42.3 Å². The summed E-state index contributed by atoms with van der Waals surface area (Å²) < 4.78 is 0. The van der Waals surface area contributed by atoms with E-state index in [1.807, 2.05) is 12.3 Å². The first-order valence-corrected chi connectivity index (χ1v) is 9.32. The van der Waals surface area contributed by atoms with Gasteiger partial charge in [0.05, 0.1) is 17.6 Å². The summed E-state index contributed by atoms with van der Waals surface area (Å²) in [5.74, 6) is 1.85. The number of aromatic nitrogens is 2. The third-order valence-electron chi connectivity index (χ3n) is 5.02. The maximum absolute atomic E-state index is 6.39. The molecule has 1 saturated heterocycles. The lowest BCUT2D eigenvalue weighted by atomic mass is 10.0. The number of pyridine rings is 2. The maximum atomic E-state index is 6.39. The minimum Gasteiger partial charge on any atom is -0.397 e. The third kappa shape index (κ3) is 3.78. The van der Waals surface area contributed by atoms with E-state index >= 15 is 0 Å². The highest BCUT2D eigenvalue weighted by Gasteiger charge is 2.31. The van der Waals surface area contributed by atoms with E-state index in [0.717, 1.165) is 43.1 Å². The van der Waals surface area contributed by atoms with Crippen molar-refractivity contribution in [3.05, 3.63) is 54.0 Å². The molecule has 7 nitrogen and oxygen atoms in total. The Bertz CT molecular complexity index is 880. The Kier molecular flexibility index (Phi) is 4.77. The van der Waals surface area contributed by atoms with E-state index in [4.69, 9.17) is 16.5 Å². The summed E-state index contributed by atoms with van der Waals surface area (Å²) in [6.45, 7) is 7.75. The van der Waals surface area contributed by atoms with Crippen molar-refractivity contribution in [3.8, 4) is 0 Å². The molecule has 0 unspecified atom stereocenters. The molecule has 3 heterocycles. The van der Waals surface area contributed by atoms with Crippen LogP contribution in [0.4, 0.5) is 11.5 Å². The number of nitrogens with one attached hydrogen (secondary N) is 1. The molecule has 0 atom stereocenters. The number of nitrogens with two attached hydrogens (primary N) is 2. The van der Waals surface area contributed by atoms with Crippen LogP contribution in [0.25, 0.3) is 5.70 Å². The number of aliphatic imine (C=N–C) groups is 1. The van der Waals surface area contributed by atoms with Crippen LogP contribution in [0, 0.1) is 0 Å². The number of hydrogen-bond donors (Lipinski definition) is 3. The standard InChI is InChI=1S/C20H25N7/c1-13(15-4-5-25-18(22)10-15)26-20(27-8-6-23-7-9-27)19-16(14-2-3-14)11-24-12-17(19)21/h4-5,10-12,14,23H,1-3,6-9,21H2,(H2,22,25)/b26-20+. The fourth-order valence-electron chi connectivity index (χ4n) is 3.44. The normalized spacial score (nSPS) is 17.8. The van der Waals surface area contributed by atoms with Gasteiger partial charge >= 0.3 is 0 Å². The van der Waals surface area contributed by atoms with Crippen LogP contribution in [0.5, 0.6) is 0 Å². The maximum Gasteiger partial charge on any atom is 0.139 e. The van der Waals surface area contributed by atoms with Crippen LogP contribution in [-0.2, 0) is 0 Å². The first-order valence-electron chi connectivity index (χ1n) is 9.32. The summed E-state index contributed by atoms with van der Waals surface area (Å²) in [7, 11) is 0. The van der Waals surface area contributed by atoms with Gasteiger partial charge in [-0.05, 0) is 36.5 Å². The minimum atomic E-state index is 0.453. The molecule has 0 amide bonds. The zero-order valence-corrected chi connectivity index (χ0v) is 15.4. The molecular weight excluding hydrogens is 338 g/mol. The largest absolute Gasteiger partial charge is 0.397 e. The summed E-state index contributed by atoms with van der Waals surface area (Å²) in [6, 6.07) is 3.66. The molecule has 1 saturated carbocycles. The van der Waals surface area contributed by atoms with Gasteiger partial charge in [-0.1, -0.05) is 6.58 Å². The van der Waals surface area contributed by atoms with Crippen molar-refractivity contribution in [1.29, 1.82) is 0 Å². The predicted octanol–water partition coefficient (Wildman–Crippen LogP) is 1.84. The smallest absolute Gasteiger partial charge is 0.139 e. The van der Waals surface area contributed by atoms with Gasteiger partial charge in [0.1, 0.15) is 11.7 Å². The predicted molar refractivity (Wildman–Crippen MR) is 109 cm³/mol. The molecule has 7 heteroatoms. The van der Waals surface area contributed by atoms with Gasteiger partial charge in [-0.3, -0.25) is 4.98 Å². The Morgan fingerprint density at radius 2 is 2.00 bits per heavy atom. The average molecular weight is 363 g/mol. The Morgan fingerprint density at radius 1 is 1.22 bits per heavy atom. The third-order valence-corrected chi connectivity index (χ3v) is 5.02. The van der Waals surface area contributed by atoms with Crippen molar-refractivity contribution in [1.82, 2.24) is 20.2 Å². The molecule has 2 fully saturated rings. The summed E-state index contributed by atoms with van der Waals surface area (Å²) >= 11 is 0. The monoisotopic (exact) mass is 363 g/mol. The van der Waals surface area contributed by atoms with E-state index in [2.05, 4.69) is 26.8 Å². The molecule has 140 valence electrons. The molecule has 0 spiro atoms. The van der Waals surface area contributed by atoms with Gasteiger partial charge in [0.25, 0.3) is 0 Å². The second-order valence-electron chi connectivity index (χ2n) is 7.06. The summed E-state index contributed by atoms with van der Waals surface area (Å²) in [5.41, 5.74) is 16.6. The number of amidine groups is 1. The molecule has 4 rings (SSSR count). The van der Waals surface area contributed by atoms with E-state index in [1.54, 1.807) is 18.5 Å². The van der Waals surface area contributed by atoms with Gasteiger partial charge < -0.3 is 21.7 Å². The van der Waals surface area contributed by atoms with Crippen molar-refractivity contribution in [2.24, 2.45) is 4.99 Å². The summed E-state index contributed by atoms with van der Waals surface area (Å²) in [4.78, 5) is 15.6. The van der Waals surface area contributed by atoms with Gasteiger partial charge in [0.2, 0.25) is 0 Å². The molecule has 1 aliphatic carbocycles. The zero-order valence-electron chi connectivity index (χ0n) is 15.4. The molecule has 0 bridgehead atoms. The Labute approximate surface area is 159 Å². The highest BCUT2D eigenvalue weighted by atomic mass is 15.2. The number of nitrogens with zero attached hydrogens (tertiary/aromatic N) is 4. The molecule has 0 radical (unpaired) electrons. The van der Waals surface area contributed by atoms with Crippen molar-refractivity contribution >= 4 is 23.0 Å². The van der Waals surface area contributed by atoms with Gasteiger partial charge in [-0.2, -0.15) is 0 Å². The molecule has 27 heavy (non-hydrogen) atoms. The SMILES string of the molecule is C=C(/N=C(\c1c(N)cncc1C1CC1)N1CCNCC1)c1ccnc(N)c1. The fraction of sp³-hybridized carbons (Fsp3) is 0.350. The first kappa shape index (κ1) is 17.5. The number of hydrogen-bond acceptors (Lipinski definition) is 6. The second kappa shape index (κ2) is 7.36. The number of anilines is 2. The highest BCUT2D eigenvalue weighted by molar-refractivity contribution is 6.06. The van der Waals surface area contributed by atoms with Crippen LogP contribution >= 0.6 is 0 Å². The fourth-order valence-corrected chi connectivity index (χ4v) is 3.44. The van der Waals surface area contributed by atoms with Crippen LogP contribution in [0.1, 0.15) is 35.4 Å². The van der Waals surface area contributed by atoms with Crippen molar-refractivity contribution in [2.75, 3.05) is 37.6 Å². The quantitative estimate of drug-likeness (QED) is 0.565. The Hall–Kier alpha value is -2.93. The average Bonchev–Trinajstić information content (AvgIpc) is 3.52. The molecule has 2 aromatic rings. The van der Waals surface area contributed by atoms with E-state index in [0.29, 0.717) is 23.1 Å². The van der Waals surface area contributed by atoms with Crippen LogP contribution in [0.2, 0.25) is 0 Å². The first-order chi connectivity index (χ1) is 13.1. The van der Waals surface area contributed by atoms with E-state index in [9.17, 15) is 0 Å². The van der Waals surface area contributed by atoms with Gasteiger partial charge in [0, 0.05) is 49.7 Å². The van der Waals surface area contributed by atoms with E-state index in [1.165, 1.54) is 18.4 Å².